The third-order valence-electron chi connectivity index (χ3n) is 7.42. The molecular formula is C30H46O6S. The van der Waals surface area contributed by atoms with Crippen LogP contribution in [0.4, 0.5) is 0 Å². The smallest absolute Gasteiger partial charge is 0.302 e. The van der Waals surface area contributed by atoms with E-state index in [2.05, 4.69) is 27.7 Å². The Morgan fingerprint density at radius 3 is 2.43 bits per heavy atom. The number of hydrogen-bond donors (Lipinski definition) is 0. The molecule has 0 bridgehead atoms. The van der Waals surface area contributed by atoms with Gasteiger partial charge in [0.25, 0.3) is 0 Å². The number of sulfone groups is 1. The van der Waals surface area contributed by atoms with Crippen LogP contribution < -0.4 is 0 Å². The minimum Gasteiger partial charge on any atom is -0.462 e. The predicted octanol–water partition coefficient (Wildman–Crippen LogP) is 6.66. The molecule has 0 saturated heterocycles. The zero-order valence-electron chi connectivity index (χ0n) is 23.7. The first-order valence-corrected chi connectivity index (χ1v) is 14.8. The third-order valence-corrected chi connectivity index (χ3v) is 9.52. The lowest BCUT2D eigenvalue weighted by Gasteiger charge is -2.42. The molecule has 1 aromatic rings. The largest absolute Gasteiger partial charge is 0.462 e. The Morgan fingerprint density at radius 1 is 1.16 bits per heavy atom. The van der Waals surface area contributed by atoms with Crippen LogP contribution in [0, 0.1) is 11.3 Å². The highest BCUT2D eigenvalue weighted by Crippen LogP contribution is 2.47. The highest BCUT2D eigenvalue weighted by Gasteiger charge is 2.46. The monoisotopic (exact) mass is 534 g/mol. The van der Waals surface area contributed by atoms with Gasteiger partial charge in [0.15, 0.2) is 9.84 Å². The number of hydrogen-bond acceptors (Lipinski definition) is 6. The molecule has 1 aliphatic rings. The number of esters is 1. The molecule has 0 fully saturated rings. The summed E-state index contributed by atoms with van der Waals surface area (Å²) in [4.78, 5) is 11.3. The van der Waals surface area contributed by atoms with Gasteiger partial charge in [-0.05, 0) is 87.5 Å². The number of carbonyl (C=O) groups is 1. The van der Waals surface area contributed by atoms with Gasteiger partial charge in [0.2, 0.25) is 0 Å². The molecule has 1 aliphatic carbocycles. The molecule has 7 heteroatoms. The van der Waals surface area contributed by atoms with Gasteiger partial charge in [0.1, 0.15) is 18.6 Å². The summed E-state index contributed by atoms with van der Waals surface area (Å²) < 4.78 is 45.2. The van der Waals surface area contributed by atoms with E-state index < -0.39 is 21.2 Å². The fraction of sp³-hybridized carbons (Fsp3) is 0.633. The second-order valence-corrected chi connectivity index (χ2v) is 13.0. The minimum atomic E-state index is -3.74. The standard InChI is InChI=1S/C30H46O6S/c1-22(18-20-35-25(4)31)13-11-14-24(3)28(36-21-34-7)29(27-23(2)15-12-19-30(27,5)6)37(32,33)26-16-9-8-10-17-26/h8-10,16-18,24,28-29H,11-15,19-21H2,1-7H3/b22-18+. The van der Waals surface area contributed by atoms with E-state index in [4.69, 9.17) is 14.2 Å². The van der Waals surface area contributed by atoms with Crippen molar-refractivity contribution in [2.24, 2.45) is 11.3 Å². The quantitative estimate of drug-likeness (QED) is 0.151. The highest BCUT2D eigenvalue weighted by molar-refractivity contribution is 7.92. The van der Waals surface area contributed by atoms with Crippen molar-refractivity contribution in [3.63, 3.8) is 0 Å². The summed E-state index contributed by atoms with van der Waals surface area (Å²) in [6, 6.07) is 8.75. The summed E-state index contributed by atoms with van der Waals surface area (Å²) in [7, 11) is -2.17. The molecule has 6 nitrogen and oxygen atoms in total. The Kier molecular flexibility index (Phi) is 12.1. The fourth-order valence-electron chi connectivity index (χ4n) is 5.49. The lowest BCUT2D eigenvalue weighted by molar-refractivity contribution is -0.139. The second-order valence-electron chi connectivity index (χ2n) is 11.0. The Morgan fingerprint density at radius 2 is 1.84 bits per heavy atom. The summed E-state index contributed by atoms with van der Waals surface area (Å²) in [6.45, 7) is 12.2. The average Bonchev–Trinajstić information content (AvgIpc) is 2.82. The summed E-state index contributed by atoms with van der Waals surface area (Å²) in [5.41, 5.74) is 3.04. The number of carbonyl (C=O) groups excluding carboxylic acids is 1. The van der Waals surface area contributed by atoms with Crippen LogP contribution in [0.1, 0.15) is 80.1 Å². The maximum Gasteiger partial charge on any atom is 0.302 e. The predicted molar refractivity (Wildman–Crippen MR) is 148 cm³/mol. The molecule has 3 unspecified atom stereocenters. The van der Waals surface area contributed by atoms with Gasteiger partial charge in [-0.1, -0.05) is 50.1 Å². The number of ether oxygens (including phenoxy) is 3. The van der Waals surface area contributed by atoms with Gasteiger partial charge in [-0.2, -0.15) is 0 Å². The van der Waals surface area contributed by atoms with E-state index in [-0.39, 0.29) is 30.7 Å². The zero-order chi connectivity index (χ0) is 27.6. The van der Waals surface area contributed by atoms with Crippen molar-refractivity contribution in [2.45, 2.75) is 96.3 Å². The van der Waals surface area contributed by atoms with Gasteiger partial charge in [0, 0.05) is 14.0 Å². The van der Waals surface area contributed by atoms with Crippen LogP contribution in [0.5, 0.6) is 0 Å². The fourth-order valence-corrected chi connectivity index (χ4v) is 7.85. The molecule has 2 rings (SSSR count). The molecule has 0 amide bonds. The van der Waals surface area contributed by atoms with E-state index in [0.717, 1.165) is 55.2 Å². The van der Waals surface area contributed by atoms with Crippen molar-refractivity contribution < 1.29 is 27.4 Å². The number of allylic oxidation sites excluding steroid dienone is 2. The number of rotatable bonds is 14. The van der Waals surface area contributed by atoms with Crippen LogP contribution in [-0.2, 0) is 28.8 Å². The maximum atomic E-state index is 14.3. The van der Waals surface area contributed by atoms with Gasteiger partial charge >= 0.3 is 5.97 Å². The summed E-state index contributed by atoms with van der Waals surface area (Å²) in [5, 5.41) is -0.795. The van der Waals surface area contributed by atoms with Crippen molar-refractivity contribution >= 4 is 15.8 Å². The molecule has 0 aliphatic heterocycles. The van der Waals surface area contributed by atoms with Gasteiger partial charge in [-0.3, -0.25) is 4.79 Å². The van der Waals surface area contributed by atoms with Crippen LogP contribution in [-0.4, -0.2) is 46.3 Å². The van der Waals surface area contributed by atoms with E-state index in [9.17, 15) is 13.2 Å². The van der Waals surface area contributed by atoms with Gasteiger partial charge in [-0.25, -0.2) is 8.42 Å². The van der Waals surface area contributed by atoms with Crippen LogP contribution >= 0.6 is 0 Å². The molecule has 208 valence electrons. The molecule has 0 saturated carbocycles. The van der Waals surface area contributed by atoms with Gasteiger partial charge in [-0.15, -0.1) is 0 Å². The van der Waals surface area contributed by atoms with E-state index in [0.29, 0.717) is 4.90 Å². The van der Waals surface area contributed by atoms with E-state index in [1.165, 1.54) is 6.92 Å². The first-order chi connectivity index (χ1) is 17.4. The van der Waals surface area contributed by atoms with Crippen molar-refractivity contribution in [2.75, 3.05) is 20.5 Å². The first kappa shape index (κ1) is 31.3. The SMILES string of the molecule is COCOC(C(C)CCC/C(C)=C/COC(C)=O)C(C1=C(C)CCCC1(C)C)S(=O)(=O)c1ccccc1. The lowest BCUT2D eigenvalue weighted by atomic mass is 9.70. The molecule has 0 heterocycles. The molecule has 37 heavy (non-hydrogen) atoms. The number of benzene rings is 1. The van der Waals surface area contributed by atoms with Gasteiger partial charge < -0.3 is 14.2 Å². The molecule has 0 aromatic heterocycles. The Bertz CT molecular complexity index is 1040. The molecule has 1 aromatic carbocycles. The highest BCUT2D eigenvalue weighted by atomic mass is 32.2. The molecule has 0 spiro atoms. The van der Waals surface area contributed by atoms with Crippen LogP contribution in [0.25, 0.3) is 0 Å². The zero-order valence-corrected chi connectivity index (χ0v) is 24.5. The van der Waals surface area contributed by atoms with Crippen LogP contribution in [0.15, 0.2) is 58.0 Å². The molecule has 3 atom stereocenters. The van der Waals surface area contributed by atoms with Crippen molar-refractivity contribution in [3.8, 4) is 0 Å². The first-order valence-electron chi connectivity index (χ1n) is 13.3. The maximum absolute atomic E-state index is 14.3. The second kappa shape index (κ2) is 14.3. The molecule has 0 radical (unpaired) electrons. The van der Waals surface area contributed by atoms with Crippen LogP contribution in [0.2, 0.25) is 0 Å². The third kappa shape index (κ3) is 8.79. The Balaban J connectivity index is 2.43. The Labute approximate surface area is 224 Å². The van der Waals surface area contributed by atoms with E-state index >= 15 is 0 Å². The number of methoxy groups -OCH3 is 1. The normalized spacial score (nSPS) is 18.8. The lowest BCUT2D eigenvalue weighted by Crippen LogP contribution is -2.46. The minimum absolute atomic E-state index is 0.0297. The summed E-state index contributed by atoms with van der Waals surface area (Å²) in [6.07, 6.45) is 6.76. The average molecular weight is 535 g/mol. The molecule has 0 N–H and O–H groups in total. The topological polar surface area (TPSA) is 78.9 Å². The van der Waals surface area contributed by atoms with Crippen molar-refractivity contribution in [1.82, 2.24) is 0 Å². The Hall–Kier alpha value is -1.96. The van der Waals surface area contributed by atoms with Gasteiger partial charge in [0.05, 0.1) is 11.0 Å². The van der Waals surface area contributed by atoms with Crippen molar-refractivity contribution in [3.05, 3.63) is 53.1 Å². The van der Waals surface area contributed by atoms with Crippen LogP contribution in [0.3, 0.4) is 0 Å². The van der Waals surface area contributed by atoms with E-state index in [1.807, 2.05) is 19.1 Å². The summed E-state index contributed by atoms with van der Waals surface area (Å²) >= 11 is 0. The summed E-state index contributed by atoms with van der Waals surface area (Å²) in [5.74, 6) is -0.324. The van der Waals surface area contributed by atoms with E-state index in [1.54, 1.807) is 31.4 Å². The van der Waals surface area contributed by atoms with Crippen molar-refractivity contribution in [1.29, 1.82) is 0 Å². The molecular weight excluding hydrogens is 488 g/mol.